The molecule has 3 aromatic rings. The molecular weight excluding hydrogens is 635 g/mol. The minimum Gasteiger partial charge on any atom is -0.480 e. The maximum absolute atomic E-state index is 12.9. The van der Waals surface area contributed by atoms with Crippen LogP contribution in [-0.2, 0) is 19.9 Å². The number of ether oxygens (including phenoxy) is 1. The number of hydrogen-bond donors (Lipinski definition) is 4. The highest BCUT2D eigenvalue weighted by atomic mass is 35.5. The Morgan fingerprint density at radius 1 is 1.00 bits per heavy atom. The number of hydrogen-bond acceptors (Lipinski definition) is 10. The van der Waals surface area contributed by atoms with Crippen LogP contribution in [0.15, 0.2) is 48.5 Å². The molecule has 0 saturated heterocycles. The Hall–Kier alpha value is -4.99. The average Bonchev–Trinajstić information content (AvgIpc) is 3.77. The van der Waals surface area contributed by atoms with E-state index >= 15 is 0 Å². The van der Waals surface area contributed by atoms with Crippen molar-refractivity contribution in [3.05, 3.63) is 64.7 Å². The lowest BCUT2D eigenvalue weighted by Gasteiger charge is -2.19. The first-order valence-electron chi connectivity index (χ1n) is 13.8. The van der Waals surface area contributed by atoms with Crippen LogP contribution < -0.4 is 20.7 Å². The number of alkyl halides is 3. The van der Waals surface area contributed by atoms with Gasteiger partial charge in [0.1, 0.15) is 6.04 Å². The number of amides is 2. The summed E-state index contributed by atoms with van der Waals surface area (Å²) in [6.45, 7) is -1.63. The van der Waals surface area contributed by atoms with Crippen LogP contribution in [0, 0.1) is 0 Å². The van der Waals surface area contributed by atoms with Gasteiger partial charge in [-0.15, -0.1) is 0 Å². The highest BCUT2D eigenvalue weighted by Crippen LogP contribution is 2.48. The second-order valence-electron chi connectivity index (χ2n) is 10.6. The monoisotopic (exact) mass is 663 g/mol. The minimum atomic E-state index is -4.63. The molecule has 1 atom stereocenters. The van der Waals surface area contributed by atoms with Crippen molar-refractivity contribution in [2.24, 2.45) is 0 Å². The number of carbonyl (C=O) groups excluding carboxylic acids is 3. The number of rotatable bonds is 14. The summed E-state index contributed by atoms with van der Waals surface area (Å²) in [5.41, 5.74) is 0.732. The molecule has 4 N–H and O–H groups in total. The Bertz CT molecular complexity index is 1600. The molecule has 46 heavy (non-hydrogen) atoms. The van der Waals surface area contributed by atoms with Gasteiger partial charge in [-0.05, 0) is 61.2 Å². The molecule has 2 amide bonds. The van der Waals surface area contributed by atoms with Crippen molar-refractivity contribution < 1.29 is 42.2 Å². The quantitative estimate of drug-likeness (QED) is 0.184. The number of carbonyl (C=O) groups is 4. The standard InChI is InChI=1S/C29H29ClF3N7O6/c1-40(2)23(43)21(41)12-11-20(24(44)45)35-22(42)16-3-9-19(10-4-16)34-25-36-26(38-27(37-25)46-15-29(31,32)33)39-28(13-14-28)17-5-7-18(30)8-6-17/h3-10,20H,11-15H2,1-2H3,(H,35,42)(H,44,45)(H2,34,36,37,38,39)/t20-/m0/s1. The average molecular weight is 664 g/mol. The maximum atomic E-state index is 12.9. The molecule has 13 nitrogen and oxygen atoms in total. The van der Waals surface area contributed by atoms with Gasteiger partial charge in [-0.1, -0.05) is 23.7 Å². The molecule has 4 rings (SSSR count). The summed E-state index contributed by atoms with van der Waals surface area (Å²) in [4.78, 5) is 61.3. The predicted octanol–water partition coefficient (Wildman–Crippen LogP) is 3.93. The summed E-state index contributed by atoms with van der Waals surface area (Å²) in [6.07, 6.45) is -3.90. The molecule has 2 aromatic carbocycles. The molecule has 0 spiro atoms. The van der Waals surface area contributed by atoms with E-state index in [4.69, 9.17) is 16.3 Å². The summed E-state index contributed by atoms with van der Waals surface area (Å²) in [6, 6.07) is 10.7. The zero-order valence-electron chi connectivity index (χ0n) is 24.5. The Kier molecular flexibility index (Phi) is 10.3. The molecule has 17 heteroatoms. The number of anilines is 3. The summed E-state index contributed by atoms with van der Waals surface area (Å²) >= 11 is 6.00. The van der Waals surface area contributed by atoms with Crippen molar-refractivity contribution in [2.45, 2.75) is 43.4 Å². The number of benzene rings is 2. The maximum Gasteiger partial charge on any atom is 0.422 e. The fourth-order valence-electron chi connectivity index (χ4n) is 4.24. The first-order chi connectivity index (χ1) is 21.6. The molecule has 244 valence electrons. The third kappa shape index (κ3) is 9.26. The summed E-state index contributed by atoms with van der Waals surface area (Å²) in [7, 11) is 2.78. The third-order valence-corrected chi connectivity index (χ3v) is 7.04. The molecule has 1 aliphatic carbocycles. The lowest BCUT2D eigenvalue weighted by Crippen LogP contribution is -2.41. The SMILES string of the molecule is CN(C)C(=O)C(=O)CC[C@H](NC(=O)c1ccc(Nc2nc(NC3(c4ccc(Cl)cc4)CC3)nc(OCC(F)(F)F)n2)cc1)C(=O)O. The fourth-order valence-corrected chi connectivity index (χ4v) is 4.36. The number of Topliss-reactive ketones (excluding diaryl/α,β-unsaturated/α-hetero) is 1. The lowest BCUT2D eigenvalue weighted by atomic mass is 10.1. The van der Waals surface area contributed by atoms with Crippen molar-refractivity contribution in [1.29, 1.82) is 0 Å². The van der Waals surface area contributed by atoms with Gasteiger partial charge in [-0.25, -0.2) is 4.79 Å². The molecular formula is C29H29ClF3N7O6. The lowest BCUT2D eigenvalue weighted by molar-refractivity contribution is -0.154. The van der Waals surface area contributed by atoms with Gasteiger partial charge in [0.25, 0.3) is 11.8 Å². The smallest absolute Gasteiger partial charge is 0.422 e. The normalized spacial score (nSPS) is 14.0. The molecule has 0 aliphatic heterocycles. The van der Waals surface area contributed by atoms with Crippen molar-refractivity contribution in [3.63, 3.8) is 0 Å². The van der Waals surface area contributed by atoms with E-state index in [0.717, 1.165) is 10.5 Å². The van der Waals surface area contributed by atoms with E-state index in [2.05, 4.69) is 30.9 Å². The first kappa shape index (κ1) is 33.9. The van der Waals surface area contributed by atoms with E-state index in [9.17, 15) is 37.5 Å². The number of carboxylic acids is 1. The summed E-state index contributed by atoms with van der Waals surface area (Å²) < 4.78 is 43.4. The number of nitrogens with one attached hydrogen (secondary N) is 3. The summed E-state index contributed by atoms with van der Waals surface area (Å²) in [5.74, 6) is -3.90. The second kappa shape index (κ2) is 14.0. The van der Waals surface area contributed by atoms with Crippen LogP contribution in [-0.4, -0.2) is 81.4 Å². The van der Waals surface area contributed by atoms with Gasteiger partial charge < -0.3 is 30.7 Å². The van der Waals surface area contributed by atoms with E-state index < -0.39 is 53.9 Å². The topological polar surface area (TPSA) is 176 Å². The van der Waals surface area contributed by atoms with Gasteiger partial charge >= 0.3 is 18.2 Å². The van der Waals surface area contributed by atoms with E-state index in [0.29, 0.717) is 23.6 Å². The molecule has 0 bridgehead atoms. The van der Waals surface area contributed by atoms with Gasteiger partial charge in [-0.3, -0.25) is 14.4 Å². The Morgan fingerprint density at radius 2 is 1.63 bits per heavy atom. The number of carboxylic acid groups (broad SMARTS) is 1. The minimum absolute atomic E-state index is 0.0383. The Labute approximate surface area is 265 Å². The van der Waals surface area contributed by atoms with Crippen molar-refractivity contribution in [1.82, 2.24) is 25.2 Å². The van der Waals surface area contributed by atoms with Crippen LogP contribution >= 0.6 is 11.6 Å². The van der Waals surface area contributed by atoms with E-state index in [1.165, 1.54) is 38.4 Å². The molecule has 1 heterocycles. The van der Waals surface area contributed by atoms with E-state index in [-0.39, 0.29) is 30.3 Å². The van der Waals surface area contributed by atoms with Gasteiger partial charge in [0.2, 0.25) is 17.7 Å². The second-order valence-corrected chi connectivity index (χ2v) is 11.0. The van der Waals surface area contributed by atoms with Gasteiger partial charge in [0, 0.05) is 36.8 Å². The largest absolute Gasteiger partial charge is 0.480 e. The zero-order valence-corrected chi connectivity index (χ0v) is 25.3. The van der Waals surface area contributed by atoms with Crippen LogP contribution in [0.1, 0.15) is 41.6 Å². The van der Waals surface area contributed by atoms with Crippen LogP contribution in [0.2, 0.25) is 5.02 Å². The number of halogens is 4. The molecule has 1 aromatic heterocycles. The fraction of sp³-hybridized carbons (Fsp3) is 0.345. The number of nitrogens with zero attached hydrogens (tertiary/aromatic N) is 4. The van der Waals surface area contributed by atoms with E-state index in [1.54, 1.807) is 12.1 Å². The molecule has 1 saturated carbocycles. The highest BCUT2D eigenvalue weighted by molar-refractivity contribution is 6.35. The van der Waals surface area contributed by atoms with Crippen LogP contribution in [0.5, 0.6) is 6.01 Å². The van der Waals surface area contributed by atoms with Crippen LogP contribution in [0.25, 0.3) is 0 Å². The van der Waals surface area contributed by atoms with Crippen molar-refractivity contribution in [2.75, 3.05) is 31.3 Å². The number of ketones is 1. The number of aliphatic carboxylic acids is 1. The summed E-state index contributed by atoms with van der Waals surface area (Å²) in [5, 5.41) is 18.3. The highest BCUT2D eigenvalue weighted by Gasteiger charge is 2.45. The molecule has 1 aliphatic rings. The van der Waals surface area contributed by atoms with Crippen LogP contribution in [0.4, 0.5) is 30.8 Å². The van der Waals surface area contributed by atoms with Crippen molar-refractivity contribution >= 4 is 52.8 Å². The molecule has 1 fully saturated rings. The van der Waals surface area contributed by atoms with Gasteiger partial charge in [-0.2, -0.15) is 28.1 Å². The molecule has 0 unspecified atom stereocenters. The van der Waals surface area contributed by atoms with Crippen LogP contribution in [0.3, 0.4) is 0 Å². The first-order valence-corrected chi connectivity index (χ1v) is 14.2. The number of aromatic nitrogens is 3. The predicted molar refractivity (Wildman–Crippen MR) is 159 cm³/mol. The zero-order chi connectivity index (χ0) is 33.6. The van der Waals surface area contributed by atoms with Gasteiger partial charge in [0.05, 0.1) is 5.54 Å². The van der Waals surface area contributed by atoms with Gasteiger partial charge in [0.15, 0.2) is 6.61 Å². The Balaban J connectivity index is 1.46. The number of likely N-dealkylation sites (N-methyl/N-ethyl adjacent to an activating group) is 1. The van der Waals surface area contributed by atoms with Crippen molar-refractivity contribution in [3.8, 4) is 6.01 Å². The third-order valence-electron chi connectivity index (χ3n) is 6.79. The Morgan fingerprint density at radius 3 is 2.20 bits per heavy atom. The van der Waals surface area contributed by atoms with E-state index in [1.807, 2.05) is 12.1 Å². The molecule has 0 radical (unpaired) electrons.